The summed E-state index contributed by atoms with van der Waals surface area (Å²) in [5.74, 6) is 0. The molecule has 1 atom stereocenters. The quantitative estimate of drug-likeness (QED) is 0.842. The summed E-state index contributed by atoms with van der Waals surface area (Å²) >= 11 is 0. The summed E-state index contributed by atoms with van der Waals surface area (Å²) in [5.41, 5.74) is 1.83. The highest BCUT2D eigenvalue weighted by atomic mass is 32.2. The maximum Gasteiger partial charge on any atom is 0.244 e. The van der Waals surface area contributed by atoms with Gasteiger partial charge >= 0.3 is 0 Å². The van der Waals surface area contributed by atoms with E-state index < -0.39 is 16.1 Å². The van der Waals surface area contributed by atoms with Crippen LogP contribution in [-0.2, 0) is 17.1 Å². The summed E-state index contributed by atoms with van der Waals surface area (Å²) in [6, 6.07) is 9.17. The van der Waals surface area contributed by atoms with E-state index in [-0.39, 0.29) is 11.4 Å². The minimum Gasteiger partial charge on any atom is -0.388 e. The number of hydrogen-bond donors (Lipinski definition) is 2. The molecule has 0 aliphatic carbocycles. The highest BCUT2D eigenvalue weighted by Crippen LogP contribution is 2.19. The molecule has 2 aromatic rings. The Morgan fingerprint density at radius 1 is 1.27 bits per heavy atom. The van der Waals surface area contributed by atoms with Crippen LogP contribution in [0.3, 0.4) is 0 Å². The summed E-state index contributed by atoms with van der Waals surface area (Å²) < 4.78 is 28.8. The van der Waals surface area contributed by atoms with Crippen molar-refractivity contribution in [3.8, 4) is 0 Å². The van der Waals surface area contributed by atoms with Gasteiger partial charge in [0.25, 0.3) is 0 Å². The van der Waals surface area contributed by atoms with Gasteiger partial charge in [-0.2, -0.15) is 5.10 Å². The third kappa shape index (κ3) is 3.55. The Balaban J connectivity index is 2.02. The monoisotopic (exact) mass is 323 g/mol. The molecule has 0 bridgehead atoms. The molecule has 0 aliphatic rings. The van der Waals surface area contributed by atoms with Crippen molar-refractivity contribution in [3.05, 3.63) is 47.3 Å². The summed E-state index contributed by atoms with van der Waals surface area (Å²) in [6.45, 7) is 3.54. The molecule has 0 spiro atoms. The summed E-state index contributed by atoms with van der Waals surface area (Å²) in [5, 5.41) is 14.2. The second-order valence-electron chi connectivity index (χ2n) is 5.24. The lowest BCUT2D eigenvalue weighted by Gasteiger charge is -2.12. The molecule has 0 amide bonds. The number of hydrogen-bond acceptors (Lipinski definition) is 4. The molecule has 1 heterocycles. The van der Waals surface area contributed by atoms with Crippen LogP contribution in [0.1, 0.15) is 29.5 Å². The van der Waals surface area contributed by atoms with E-state index in [1.165, 1.54) is 0 Å². The van der Waals surface area contributed by atoms with Gasteiger partial charge in [-0.15, -0.1) is 0 Å². The smallest absolute Gasteiger partial charge is 0.244 e. The average Bonchev–Trinajstić information content (AvgIpc) is 2.73. The van der Waals surface area contributed by atoms with Gasteiger partial charge in [-0.05, 0) is 25.8 Å². The Bertz CT molecular complexity index is 739. The van der Waals surface area contributed by atoms with Gasteiger partial charge in [0.05, 0.1) is 17.5 Å². The second kappa shape index (κ2) is 6.60. The predicted molar refractivity (Wildman–Crippen MR) is 83.9 cm³/mol. The molecule has 0 saturated carbocycles. The molecule has 0 unspecified atom stereocenters. The van der Waals surface area contributed by atoms with Crippen molar-refractivity contribution in [2.45, 2.75) is 31.3 Å². The number of aromatic nitrogens is 2. The largest absolute Gasteiger partial charge is 0.388 e. The number of aryl methyl sites for hydroxylation is 2. The van der Waals surface area contributed by atoms with E-state index in [1.807, 2.05) is 30.3 Å². The molecule has 22 heavy (non-hydrogen) atoms. The highest BCUT2D eigenvalue weighted by molar-refractivity contribution is 7.89. The molecule has 0 saturated heterocycles. The van der Waals surface area contributed by atoms with Crippen molar-refractivity contribution in [2.24, 2.45) is 7.05 Å². The van der Waals surface area contributed by atoms with Crippen molar-refractivity contribution in [1.29, 1.82) is 0 Å². The molecule has 2 N–H and O–H groups in total. The minimum atomic E-state index is -3.62. The van der Waals surface area contributed by atoms with Crippen LogP contribution in [0.5, 0.6) is 0 Å². The van der Waals surface area contributed by atoms with Crippen LogP contribution in [-0.4, -0.2) is 29.8 Å². The van der Waals surface area contributed by atoms with E-state index >= 15 is 0 Å². The van der Waals surface area contributed by atoms with Gasteiger partial charge in [-0.25, -0.2) is 13.1 Å². The lowest BCUT2D eigenvalue weighted by molar-refractivity contribution is 0.169. The molecular formula is C15H21N3O3S. The fourth-order valence-electron chi connectivity index (χ4n) is 2.39. The number of sulfonamides is 1. The van der Waals surface area contributed by atoms with E-state index in [1.54, 1.807) is 25.6 Å². The highest BCUT2D eigenvalue weighted by Gasteiger charge is 2.23. The van der Waals surface area contributed by atoms with E-state index in [0.717, 1.165) is 5.56 Å². The zero-order valence-electron chi connectivity index (χ0n) is 12.9. The van der Waals surface area contributed by atoms with Crippen molar-refractivity contribution in [2.75, 3.05) is 6.54 Å². The van der Waals surface area contributed by atoms with Gasteiger partial charge in [-0.3, -0.25) is 4.68 Å². The molecule has 2 rings (SSSR count). The Morgan fingerprint density at radius 3 is 2.45 bits per heavy atom. The number of nitrogens with zero attached hydrogens (tertiary/aromatic N) is 2. The molecule has 0 fully saturated rings. The Hall–Kier alpha value is -1.70. The Kier molecular flexibility index (Phi) is 5.00. The number of nitrogens with one attached hydrogen (secondary N) is 1. The number of rotatable bonds is 6. The molecule has 7 heteroatoms. The standard InChI is InChI=1S/C15H21N3O3S/c1-11-15(12(2)18(3)17-11)22(20,21)16-10-9-14(19)13-7-5-4-6-8-13/h4-8,14,16,19H,9-10H2,1-3H3/t14-/m0/s1. The van der Waals surface area contributed by atoms with Crippen LogP contribution in [0.4, 0.5) is 0 Å². The molecule has 0 aliphatic heterocycles. The second-order valence-corrected chi connectivity index (χ2v) is 6.94. The van der Waals surface area contributed by atoms with E-state index in [4.69, 9.17) is 0 Å². The minimum absolute atomic E-state index is 0.159. The van der Waals surface area contributed by atoms with Gasteiger partial charge < -0.3 is 5.11 Å². The maximum absolute atomic E-state index is 12.4. The molecule has 6 nitrogen and oxygen atoms in total. The van der Waals surface area contributed by atoms with Crippen LogP contribution in [0.2, 0.25) is 0 Å². The predicted octanol–water partition coefficient (Wildman–Crippen LogP) is 1.44. The Labute approximate surface area is 130 Å². The van der Waals surface area contributed by atoms with Crippen molar-refractivity contribution in [1.82, 2.24) is 14.5 Å². The first-order valence-corrected chi connectivity index (χ1v) is 8.54. The van der Waals surface area contributed by atoms with Crippen LogP contribution in [0.25, 0.3) is 0 Å². The third-order valence-corrected chi connectivity index (χ3v) is 5.32. The van der Waals surface area contributed by atoms with E-state index in [9.17, 15) is 13.5 Å². The molecule has 1 aromatic heterocycles. The zero-order chi connectivity index (χ0) is 16.3. The van der Waals surface area contributed by atoms with Crippen LogP contribution in [0.15, 0.2) is 35.2 Å². The van der Waals surface area contributed by atoms with Crippen LogP contribution >= 0.6 is 0 Å². The van der Waals surface area contributed by atoms with E-state index in [2.05, 4.69) is 9.82 Å². The van der Waals surface area contributed by atoms with Gasteiger partial charge in [0.1, 0.15) is 4.90 Å². The summed E-state index contributed by atoms with van der Waals surface area (Å²) in [6.07, 6.45) is -0.387. The molecule has 1 aromatic carbocycles. The first kappa shape index (κ1) is 16.7. The summed E-state index contributed by atoms with van der Waals surface area (Å²) in [4.78, 5) is 0.212. The number of benzene rings is 1. The third-order valence-electron chi connectivity index (χ3n) is 3.61. The maximum atomic E-state index is 12.4. The van der Waals surface area contributed by atoms with Crippen molar-refractivity contribution in [3.63, 3.8) is 0 Å². The number of aliphatic hydroxyl groups is 1. The molecule has 0 radical (unpaired) electrons. The lowest BCUT2D eigenvalue weighted by atomic mass is 10.1. The van der Waals surface area contributed by atoms with Crippen molar-refractivity contribution < 1.29 is 13.5 Å². The van der Waals surface area contributed by atoms with E-state index in [0.29, 0.717) is 17.8 Å². The molecule has 120 valence electrons. The van der Waals surface area contributed by atoms with Gasteiger partial charge in [0.15, 0.2) is 0 Å². The topological polar surface area (TPSA) is 84.2 Å². The first-order chi connectivity index (χ1) is 10.3. The van der Waals surface area contributed by atoms with Crippen LogP contribution in [0, 0.1) is 13.8 Å². The SMILES string of the molecule is Cc1nn(C)c(C)c1S(=O)(=O)NCC[C@H](O)c1ccccc1. The average molecular weight is 323 g/mol. The fraction of sp³-hybridized carbons (Fsp3) is 0.400. The van der Waals surface area contributed by atoms with Crippen molar-refractivity contribution >= 4 is 10.0 Å². The number of aliphatic hydroxyl groups excluding tert-OH is 1. The van der Waals surface area contributed by atoms with Gasteiger partial charge in [0, 0.05) is 13.6 Å². The van der Waals surface area contributed by atoms with Gasteiger partial charge in [-0.1, -0.05) is 30.3 Å². The van der Waals surface area contributed by atoms with Gasteiger partial charge in [0.2, 0.25) is 10.0 Å². The zero-order valence-corrected chi connectivity index (χ0v) is 13.8. The molecular weight excluding hydrogens is 302 g/mol. The Morgan fingerprint density at radius 2 is 1.91 bits per heavy atom. The summed E-state index contributed by atoms with van der Waals surface area (Å²) in [7, 11) is -1.91. The van der Waals surface area contributed by atoms with Crippen LogP contribution < -0.4 is 4.72 Å². The normalized spacial score (nSPS) is 13.3. The lowest BCUT2D eigenvalue weighted by Crippen LogP contribution is -2.27. The first-order valence-electron chi connectivity index (χ1n) is 7.06. The fourth-order valence-corrected chi connectivity index (χ4v) is 3.87.